The van der Waals surface area contributed by atoms with Gasteiger partial charge in [0, 0.05) is 17.4 Å². The van der Waals surface area contributed by atoms with Crippen LogP contribution in [0.1, 0.15) is 40.7 Å². The van der Waals surface area contributed by atoms with E-state index in [2.05, 4.69) is 16.0 Å². The first-order chi connectivity index (χ1) is 12.7. The van der Waals surface area contributed by atoms with Crippen molar-refractivity contribution in [1.29, 1.82) is 10.7 Å². The Bertz CT molecular complexity index is 1020. The molecule has 7 heteroatoms. The number of nitrogens with one attached hydrogen (secondary N) is 1. The lowest BCUT2D eigenvalue weighted by Gasteiger charge is -2.16. The van der Waals surface area contributed by atoms with E-state index in [0.717, 1.165) is 24.1 Å². The number of rotatable bonds is 4. The van der Waals surface area contributed by atoms with Gasteiger partial charge < -0.3 is 14.9 Å². The van der Waals surface area contributed by atoms with Gasteiger partial charge in [-0.1, -0.05) is 0 Å². The Hall–Kier alpha value is -3.66. The Labute approximate surface area is 149 Å². The monoisotopic (exact) mass is 345 g/mol. The molecular weight excluding hydrogens is 330 g/mol. The normalized spacial score (nSPS) is 15.3. The van der Waals surface area contributed by atoms with Crippen molar-refractivity contribution in [3.05, 3.63) is 71.2 Å². The topological polar surface area (TPSA) is 122 Å². The standard InChI is InChI=1S/C19H15N5O2/c20-7-11-5-12-1-4-16(19(12)24-8-11)26-13-2-3-15(21)14(6-13)18(22)17-9-23-10-25-17/h2-3,5-6,8-10,16,22H,1,4,21H2. The first kappa shape index (κ1) is 15.8. The third kappa shape index (κ3) is 2.78. The molecule has 0 aliphatic heterocycles. The molecule has 1 aliphatic carbocycles. The highest BCUT2D eigenvalue weighted by molar-refractivity contribution is 6.12. The molecular formula is C19H15N5O2. The van der Waals surface area contributed by atoms with Crippen LogP contribution >= 0.6 is 0 Å². The van der Waals surface area contributed by atoms with E-state index >= 15 is 0 Å². The van der Waals surface area contributed by atoms with E-state index in [-0.39, 0.29) is 11.8 Å². The summed E-state index contributed by atoms with van der Waals surface area (Å²) in [4.78, 5) is 8.22. The summed E-state index contributed by atoms with van der Waals surface area (Å²) in [6, 6.07) is 9.17. The molecule has 7 nitrogen and oxygen atoms in total. The third-order valence-corrected chi connectivity index (χ3v) is 4.36. The van der Waals surface area contributed by atoms with Gasteiger partial charge in [0.2, 0.25) is 0 Å². The van der Waals surface area contributed by atoms with Gasteiger partial charge >= 0.3 is 0 Å². The van der Waals surface area contributed by atoms with Crippen LogP contribution < -0.4 is 10.5 Å². The summed E-state index contributed by atoms with van der Waals surface area (Å²) in [5.74, 6) is 0.938. The molecule has 4 rings (SSSR count). The molecule has 2 heterocycles. The van der Waals surface area contributed by atoms with E-state index in [1.165, 1.54) is 12.6 Å². The Kier molecular flexibility index (Phi) is 3.86. The Morgan fingerprint density at radius 3 is 3.00 bits per heavy atom. The number of nitrogens with two attached hydrogens (primary N) is 1. The number of fused-ring (bicyclic) bond motifs is 1. The second-order valence-electron chi connectivity index (χ2n) is 6.02. The quantitative estimate of drug-likeness (QED) is 0.553. The third-order valence-electron chi connectivity index (χ3n) is 4.36. The summed E-state index contributed by atoms with van der Waals surface area (Å²) in [6.45, 7) is 0. The van der Waals surface area contributed by atoms with E-state index < -0.39 is 0 Å². The number of anilines is 1. The lowest BCUT2D eigenvalue weighted by molar-refractivity contribution is 0.203. The van der Waals surface area contributed by atoms with Crippen molar-refractivity contribution in [1.82, 2.24) is 9.97 Å². The molecule has 2 aromatic heterocycles. The number of ether oxygens (including phenoxy) is 1. The molecule has 0 saturated heterocycles. The van der Waals surface area contributed by atoms with Crippen LogP contribution in [0.15, 0.2) is 47.5 Å². The molecule has 0 spiro atoms. The minimum Gasteiger partial charge on any atom is -0.484 e. The number of aromatic nitrogens is 2. The van der Waals surface area contributed by atoms with Crippen molar-refractivity contribution in [2.45, 2.75) is 18.9 Å². The summed E-state index contributed by atoms with van der Waals surface area (Å²) in [5.41, 5.74) is 9.59. The number of pyridine rings is 1. The molecule has 1 unspecified atom stereocenters. The van der Waals surface area contributed by atoms with Crippen LogP contribution in [-0.2, 0) is 6.42 Å². The zero-order chi connectivity index (χ0) is 18.1. The van der Waals surface area contributed by atoms with Gasteiger partial charge in [0.1, 0.15) is 23.6 Å². The second kappa shape index (κ2) is 6.33. The molecule has 0 radical (unpaired) electrons. The lowest BCUT2D eigenvalue weighted by atomic mass is 10.1. The van der Waals surface area contributed by atoms with Crippen LogP contribution in [0.3, 0.4) is 0 Å². The van der Waals surface area contributed by atoms with Crippen molar-refractivity contribution >= 4 is 11.4 Å². The Balaban J connectivity index is 1.60. The predicted octanol–water partition coefficient (Wildman–Crippen LogP) is 3.01. The first-order valence-electron chi connectivity index (χ1n) is 8.08. The zero-order valence-corrected chi connectivity index (χ0v) is 13.8. The smallest absolute Gasteiger partial charge is 0.181 e. The molecule has 128 valence electrons. The fourth-order valence-corrected chi connectivity index (χ4v) is 3.07. The van der Waals surface area contributed by atoms with E-state index in [1.54, 1.807) is 24.4 Å². The molecule has 1 aliphatic rings. The van der Waals surface area contributed by atoms with Gasteiger partial charge in [-0.3, -0.25) is 10.4 Å². The minimum atomic E-state index is -0.186. The molecule has 26 heavy (non-hydrogen) atoms. The second-order valence-corrected chi connectivity index (χ2v) is 6.02. The van der Waals surface area contributed by atoms with Gasteiger partial charge in [0.05, 0.1) is 17.5 Å². The maximum Gasteiger partial charge on any atom is 0.181 e. The summed E-state index contributed by atoms with van der Waals surface area (Å²) in [5, 5.41) is 17.3. The minimum absolute atomic E-state index is 0.147. The van der Waals surface area contributed by atoms with Gasteiger partial charge in [-0.25, -0.2) is 4.98 Å². The molecule has 3 aromatic rings. The van der Waals surface area contributed by atoms with Gasteiger partial charge in [-0.05, 0) is 42.7 Å². The summed E-state index contributed by atoms with van der Waals surface area (Å²) in [7, 11) is 0. The van der Waals surface area contributed by atoms with Gasteiger partial charge in [-0.2, -0.15) is 5.26 Å². The maximum absolute atomic E-state index is 8.99. The van der Waals surface area contributed by atoms with Crippen molar-refractivity contribution in [2.75, 3.05) is 5.73 Å². The number of hydrogen-bond acceptors (Lipinski definition) is 7. The Morgan fingerprint density at radius 2 is 2.23 bits per heavy atom. The van der Waals surface area contributed by atoms with E-state index in [1.807, 2.05) is 6.07 Å². The molecule has 1 atom stereocenters. The van der Waals surface area contributed by atoms with Gasteiger partial charge in [0.15, 0.2) is 12.2 Å². The average Bonchev–Trinajstić information content (AvgIpc) is 3.32. The number of oxazole rings is 1. The van der Waals surface area contributed by atoms with Crippen LogP contribution in [0.5, 0.6) is 5.75 Å². The van der Waals surface area contributed by atoms with Crippen LogP contribution in [0.2, 0.25) is 0 Å². The average molecular weight is 345 g/mol. The highest BCUT2D eigenvalue weighted by atomic mass is 16.5. The number of aryl methyl sites for hydroxylation is 1. The Morgan fingerprint density at radius 1 is 1.35 bits per heavy atom. The zero-order valence-electron chi connectivity index (χ0n) is 13.8. The number of nitrogen functional groups attached to an aromatic ring is 1. The highest BCUT2D eigenvalue weighted by Gasteiger charge is 2.26. The van der Waals surface area contributed by atoms with E-state index in [9.17, 15) is 0 Å². The fraction of sp³-hybridized carbons (Fsp3) is 0.158. The number of hydrogen-bond donors (Lipinski definition) is 2. The first-order valence-corrected chi connectivity index (χ1v) is 8.08. The van der Waals surface area contributed by atoms with Crippen LogP contribution in [0.4, 0.5) is 5.69 Å². The number of nitrogens with zero attached hydrogens (tertiary/aromatic N) is 3. The fourth-order valence-electron chi connectivity index (χ4n) is 3.07. The largest absolute Gasteiger partial charge is 0.484 e. The molecule has 0 bridgehead atoms. The maximum atomic E-state index is 8.99. The van der Waals surface area contributed by atoms with Crippen molar-refractivity contribution in [3.8, 4) is 11.8 Å². The molecule has 0 saturated carbocycles. The molecule has 0 amide bonds. The van der Waals surface area contributed by atoms with E-state index in [4.69, 9.17) is 25.6 Å². The van der Waals surface area contributed by atoms with Crippen molar-refractivity contribution in [3.63, 3.8) is 0 Å². The van der Waals surface area contributed by atoms with E-state index in [0.29, 0.717) is 28.3 Å². The van der Waals surface area contributed by atoms with Gasteiger partial charge in [0.25, 0.3) is 0 Å². The highest BCUT2D eigenvalue weighted by Crippen LogP contribution is 2.35. The van der Waals surface area contributed by atoms with Gasteiger partial charge in [-0.15, -0.1) is 0 Å². The van der Waals surface area contributed by atoms with Crippen molar-refractivity contribution in [2.24, 2.45) is 0 Å². The van der Waals surface area contributed by atoms with Crippen molar-refractivity contribution < 1.29 is 9.15 Å². The number of benzene rings is 1. The lowest BCUT2D eigenvalue weighted by Crippen LogP contribution is -2.08. The summed E-state index contributed by atoms with van der Waals surface area (Å²) in [6.07, 6.45) is 5.73. The summed E-state index contributed by atoms with van der Waals surface area (Å²) < 4.78 is 11.3. The predicted molar refractivity (Wildman–Crippen MR) is 93.9 cm³/mol. The number of nitriles is 1. The molecule has 3 N–H and O–H groups in total. The SMILES string of the molecule is N#Cc1cnc2c(c1)CCC2Oc1ccc(N)c(C(=N)c2cnco2)c1. The van der Waals surface area contributed by atoms with Crippen LogP contribution in [0, 0.1) is 16.7 Å². The van der Waals surface area contributed by atoms with Crippen LogP contribution in [0.25, 0.3) is 0 Å². The molecule has 0 fully saturated rings. The summed E-state index contributed by atoms with van der Waals surface area (Å²) >= 11 is 0. The molecule has 1 aromatic carbocycles. The van der Waals surface area contributed by atoms with Crippen LogP contribution in [-0.4, -0.2) is 15.7 Å².